The van der Waals surface area contributed by atoms with E-state index >= 15 is 0 Å². The molecule has 5 atom stereocenters. The van der Waals surface area contributed by atoms with Crippen LogP contribution in [-0.4, -0.2) is 10.5 Å². The molecular weight excluding hydrogens is 348 g/mol. The fourth-order valence-corrected chi connectivity index (χ4v) is 5.58. The van der Waals surface area contributed by atoms with Gasteiger partial charge in [-0.05, 0) is 68.4 Å². The zero-order chi connectivity index (χ0) is 20.6. The molecule has 0 aromatic heterocycles. The zero-order valence-corrected chi connectivity index (χ0v) is 19.6. The van der Waals surface area contributed by atoms with Gasteiger partial charge < -0.3 is 0 Å². The lowest BCUT2D eigenvalue weighted by atomic mass is 9.53. The summed E-state index contributed by atoms with van der Waals surface area (Å²) in [6.07, 6.45) is 13.9. The normalized spacial score (nSPS) is 45.1. The van der Waals surface area contributed by atoms with Gasteiger partial charge in [-0.3, -0.25) is 4.79 Å². The molecule has 2 fully saturated rings. The second-order valence-corrected chi connectivity index (χ2v) is 10.7. The number of allylic oxidation sites excluding steroid dienone is 4. The van der Waals surface area contributed by atoms with Crippen LogP contribution in [0.2, 0.25) is 0 Å². The van der Waals surface area contributed by atoms with Crippen LogP contribution >= 0.6 is 12.6 Å². The second kappa shape index (κ2) is 7.93. The van der Waals surface area contributed by atoms with Crippen LogP contribution < -0.4 is 0 Å². The third-order valence-corrected chi connectivity index (χ3v) is 7.58. The number of Topliss-reactive ketones (excluding diaryl/α,β-unsaturated/α-hetero) is 1. The van der Waals surface area contributed by atoms with E-state index in [0.717, 1.165) is 19.3 Å². The highest BCUT2D eigenvalue weighted by Gasteiger charge is 2.49. The molecule has 152 valence electrons. The first-order chi connectivity index (χ1) is 12.5. The number of fused-ring (bicyclic) bond motifs is 3. The van der Waals surface area contributed by atoms with Crippen molar-refractivity contribution in [1.82, 2.24) is 0 Å². The Labute approximate surface area is 173 Å². The lowest BCUT2D eigenvalue weighted by Crippen LogP contribution is -2.46. The van der Waals surface area contributed by atoms with Crippen LogP contribution in [0.25, 0.3) is 0 Å². The summed E-state index contributed by atoms with van der Waals surface area (Å²) in [5.74, 6) is 2.05. The van der Waals surface area contributed by atoms with Gasteiger partial charge in [-0.2, -0.15) is 12.6 Å². The lowest BCUT2D eigenvalue weighted by Gasteiger charge is -2.51. The molecular formula is C25H40OS. The number of hydrogen-bond donors (Lipinski definition) is 1. The predicted molar refractivity (Wildman–Crippen MR) is 121 cm³/mol. The first-order valence-corrected chi connectivity index (χ1v) is 11.3. The number of hydrogen-bond acceptors (Lipinski definition) is 2. The van der Waals surface area contributed by atoms with Gasteiger partial charge in [-0.25, -0.2) is 0 Å². The third kappa shape index (κ3) is 4.47. The Hall–Kier alpha value is -0.760. The maximum Gasteiger partial charge on any atom is 0.135 e. The van der Waals surface area contributed by atoms with E-state index in [2.05, 4.69) is 58.9 Å². The number of rotatable bonds is 1. The second-order valence-electron chi connectivity index (χ2n) is 9.76. The molecule has 0 radical (unpaired) electrons. The minimum atomic E-state index is -0.187. The zero-order valence-electron chi connectivity index (χ0n) is 18.7. The first kappa shape index (κ1) is 22.5. The van der Waals surface area contributed by atoms with Crippen molar-refractivity contribution in [1.29, 1.82) is 0 Å². The van der Waals surface area contributed by atoms with E-state index in [9.17, 15) is 4.79 Å². The fraction of sp³-hybridized carbons (Fsp3) is 0.720. The smallest absolute Gasteiger partial charge is 0.135 e. The summed E-state index contributed by atoms with van der Waals surface area (Å²) in [6, 6.07) is 0. The van der Waals surface area contributed by atoms with Crippen LogP contribution in [0.1, 0.15) is 81.1 Å². The average molecular weight is 389 g/mol. The van der Waals surface area contributed by atoms with Crippen LogP contribution in [-0.2, 0) is 4.79 Å². The van der Waals surface area contributed by atoms with Crippen LogP contribution in [0.15, 0.2) is 35.5 Å². The number of ketones is 1. The quantitative estimate of drug-likeness (QED) is 0.371. The molecule has 3 aliphatic carbocycles. The summed E-state index contributed by atoms with van der Waals surface area (Å²) in [6.45, 7) is 17.1. The molecule has 0 amide bonds. The molecule has 0 aromatic rings. The number of carbonyl (C=O) groups is 1. The topological polar surface area (TPSA) is 17.1 Å². The summed E-state index contributed by atoms with van der Waals surface area (Å²) in [4.78, 5) is 12.3. The minimum absolute atomic E-state index is 0.0469. The van der Waals surface area contributed by atoms with E-state index in [1.807, 2.05) is 13.8 Å². The van der Waals surface area contributed by atoms with Gasteiger partial charge in [0.2, 0.25) is 0 Å². The third-order valence-electron chi connectivity index (χ3n) is 7.30. The largest absolute Gasteiger partial charge is 0.299 e. The first-order valence-electron chi connectivity index (χ1n) is 10.8. The number of carbonyl (C=O) groups excluding carboxylic acids is 1. The fourth-order valence-electron chi connectivity index (χ4n) is 5.35. The van der Waals surface area contributed by atoms with Gasteiger partial charge in [0.05, 0.1) is 0 Å². The van der Waals surface area contributed by atoms with Gasteiger partial charge in [0.1, 0.15) is 5.78 Å². The average Bonchev–Trinajstić information content (AvgIpc) is 2.59. The van der Waals surface area contributed by atoms with Crippen molar-refractivity contribution in [2.75, 3.05) is 0 Å². The van der Waals surface area contributed by atoms with Gasteiger partial charge >= 0.3 is 0 Å². The van der Waals surface area contributed by atoms with Crippen LogP contribution in [0.4, 0.5) is 0 Å². The minimum Gasteiger partial charge on any atom is -0.299 e. The van der Waals surface area contributed by atoms with Gasteiger partial charge in [-0.1, -0.05) is 65.8 Å². The molecule has 0 N–H and O–H groups in total. The Morgan fingerprint density at radius 3 is 2.30 bits per heavy atom. The van der Waals surface area contributed by atoms with Crippen molar-refractivity contribution in [2.24, 2.45) is 28.6 Å². The highest BCUT2D eigenvalue weighted by molar-refractivity contribution is 7.82. The monoisotopic (exact) mass is 388 g/mol. The molecule has 2 saturated carbocycles. The van der Waals surface area contributed by atoms with Gasteiger partial charge in [0.25, 0.3) is 0 Å². The summed E-state index contributed by atoms with van der Waals surface area (Å²) >= 11 is 4.88. The van der Waals surface area contributed by atoms with Crippen molar-refractivity contribution in [2.45, 2.75) is 85.8 Å². The van der Waals surface area contributed by atoms with E-state index in [4.69, 9.17) is 12.6 Å². The molecule has 0 saturated heterocycles. The molecule has 3 rings (SSSR count). The highest BCUT2D eigenvalue weighted by atomic mass is 32.1. The standard InChI is InChI=1S/C23H34OS.C2H6/c1-15-18-8-7-17-13-22(5,25)12-11-21(3,4)14-20(17)19(18)9-10-23(15,6)16(2)24;1-2/h11-15,18-19,25H,7-10H2,1-6H3;1-2H3/b12-11-,17-13-,20-14+;. The molecule has 3 aliphatic rings. The van der Waals surface area contributed by atoms with E-state index < -0.39 is 0 Å². The number of thiol groups is 1. The van der Waals surface area contributed by atoms with Crippen molar-refractivity contribution in [3.63, 3.8) is 0 Å². The van der Waals surface area contributed by atoms with E-state index in [1.165, 1.54) is 12.0 Å². The summed E-state index contributed by atoms with van der Waals surface area (Å²) in [5, 5.41) is 0. The Bertz CT molecular complexity index is 664. The Balaban J connectivity index is 0.00000126. The van der Waals surface area contributed by atoms with Crippen LogP contribution in [0, 0.1) is 28.6 Å². The highest BCUT2D eigenvalue weighted by Crippen LogP contribution is 2.56. The summed E-state index contributed by atoms with van der Waals surface area (Å²) in [7, 11) is 0. The maximum atomic E-state index is 12.3. The van der Waals surface area contributed by atoms with Crippen molar-refractivity contribution >= 4 is 18.4 Å². The van der Waals surface area contributed by atoms with Crippen LogP contribution in [0.5, 0.6) is 0 Å². The molecule has 0 bridgehead atoms. The molecule has 1 nitrogen and oxygen atoms in total. The SMILES string of the molecule is CC.CC(=O)C1(C)CCC2C3=C/C(C)(C)/C=C\C(C)(S)/C=C\3CCC2C1C. The molecule has 0 aromatic carbocycles. The van der Waals surface area contributed by atoms with Gasteiger partial charge in [0.15, 0.2) is 0 Å². The maximum absolute atomic E-state index is 12.3. The Kier molecular flexibility index (Phi) is 6.62. The summed E-state index contributed by atoms with van der Waals surface area (Å²) in [5.41, 5.74) is 2.95. The van der Waals surface area contributed by atoms with E-state index in [-0.39, 0.29) is 15.6 Å². The lowest BCUT2D eigenvalue weighted by molar-refractivity contribution is -0.133. The van der Waals surface area contributed by atoms with Crippen molar-refractivity contribution < 1.29 is 4.79 Å². The summed E-state index contributed by atoms with van der Waals surface area (Å²) < 4.78 is -0.187. The van der Waals surface area contributed by atoms with Crippen molar-refractivity contribution in [3.8, 4) is 0 Å². The van der Waals surface area contributed by atoms with Gasteiger partial charge in [-0.15, -0.1) is 0 Å². The van der Waals surface area contributed by atoms with Crippen LogP contribution in [0.3, 0.4) is 0 Å². The molecule has 5 unspecified atom stereocenters. The van der Waals surface area contributed by atoms with Gasteiger partial charge in [0, 0.05) is 15.6 Å². The predicted octanol–water partition coefficient (Wildman–Crippen LogP) is 7.20. The van der Waals surface area contributed by atoms with E-state index in [0.29, 0.717) is 23.5 Å². The molecule has 0 spiro atoms. The molecule has 27 heavy (non-hydrogen) atoms. The molecule has 0 aliphatic heterocycles. The molecule has 0 heterocycles. The Morgan fingerprint density at radius 2 is 1.70 bits per heavy atom. The molecule has 2 heteroatoms. The van der Waals surface area contributed by atoms with Crippen molar-refractivity contribution in [3.05, 3.63) is 35.5 Å². The Morgan fingerprint density at radius 1 is 1.07 bits per heavy atom. The van der Waals surface area contributed by atoms with E-state index in [1.54, 1.807) is 12.5 Å².